The minimum Gasteiger partial charge on any atom is -0.481 e. The summed E-state index contributed by atoms with van der Waals surface area (Å²) in [4.78, 5) is 8.43. The molecule has 0 saturated carbocycles. The van der Waals surface area contributed by atoms with Gasteiger partial charge in [0.15, 0.2) is 0 Å². The Balaban J connectivity index is 2.23. The first-order chi connectivity index (χ1) is 6.74. The third-order valence-corrected chi connectivity index (χ3v) is 2.35. The molecular weight excluding hydrogens is 200 g/mol. The highest BCUT2D eigenvalue weighted by Crippen LogP contribution is 2.26. The molecule has 1 aromatic rings. The van der Waals surface area contributed by atoms with Crippen molar-refractivity contribution in [1.29, 1.82) is 0 Å². The van der Waals surface area contributed by atoms with Gasteiger partial charge < -0.3 is 4.74 Å². The van der Waals surface area contributed by atoms with Crippen LogP contribution in [0.3, 0.4) is 0 Å². The Bertz CT molecular complexity index is 393. The van der Waals surface area contributed by atoms with Crippen LogP contribution in [0.15, 0.2) is 11.2 Å². The molecule has 0 radical (unpaired) electrons. The van der Waals surface area contributed by atoms with Crippen molar-refractivity contribution in [2.75, 3.05) is 18.4 Å². The van der Waals surface area contributed by atoms with E-state index in [0.717, 1.165) is 10.9 Å². The Hall–Kier alpha value is -1.30. The van der Waals surface area contributed by atoms with Crippen LogP contribution in [0, 0.1) is 6.92 Å². The second-order valence-corrected chi connectivity index (χ2v) is 3.52. The fraction of sp³-hybridized carbons (Fsp3) is 0.375. The van der Waals surface area contributed by atoms with E-state index < -0.39 is 0 Å². The van der Waals surface area contributed by atoms with Gasteiger partial charge in [0.1, 0.15) is 0 Å². The van der Waals surface area contributed by atoms with E-state index >= 15 is 0 Å². The minimum absolute atomic E-state index is 0.565. The molecule has 0 N–H and O–H groups in total. The summed E-state index contributed by atoms with van der Waals surface area (Å²) in [5, 5.41) is 6.72. The molecule has 0 amide bonds. The van der Waals surface area contributed by atoms with Gasteiger partial charge in [-0.25, -0.2) is 4.98 Å². The van der Waals surface area contributed by atoms with Gasteiger partial charge in [0.05, 0.1) is 7.11 Å². The fourth-order valence-corrected chi connectivity index (χ4v) is 1.46. The molecule has 0 saturated heterocycles. The van der Waals surface area contributed by atoms with Crippen molar-refractivity contribution in [3.05, 3.63) is 11.8 Å². The van der Waals surface area contributed by atoms with E-state index in [1.54, 1.807) is 29.9 Å². The normalized spacial score (nSPS) is 13.9. The lowest BCUT2D eigenvalue weighted by Gasteiger charge is -2.03. The minimum atomic E-state index is 0.565. The molecule has 74 valence electrons. The summed E-state index contributed by atoms with van der Waals surface area (Å²) in [7, 11) is 1.59. The van der Waals surface area contributed by atoms with Crippen LogP contribution in [-0.2, 0) is 0 Å². The number of rotatable bonds is 2. The number of amidine groups is 1. The quantitative estimate of drug-likeness (QED) is 0.735. The topological polar surface area (TPSA) is 50.4 Å². The summed E-state index contributed by atoms with van der Waals surface area (Å²) in [5.41, 5.74) is 0.870. The van der Waals surface area contributed by atoms with E-state index in [1.165, 1.54) is 0 Å². The van der Waals surface area contributed by atoms with Crippen molar-refractivity contribution >= 4 is 22.9 Å². The molecule has 0 fully saturated rings. The van der Waals surface area contributed by atoms with Crippen molar-refractivity contribution in [3.63, 3.8) is 0 Å². The van der Waals surface area contributed by atoms with Crippen LogP contribution < -0.4 is 9.75 Å². The summed E-state index contributed by atoms with van der Waals surface area (Å²) in [6.07, 6.45) is 1.96. The number of aryl methyl sites for hydroxylation is 1. The second kappa shape index (κ2) is 3.45. The molecular formula is C8H10N4OS. The summed E-state index contributed by atoms with van der Waals surface area (Å²) >= 11 is 1.57. The van der Waals surface area contributed by atoms with Crippen molar-refractivity contribution in [2.45, 2.75) is 6.92 Å². The van der Waals surface area contributed by atoms with Gasteiger partial charge in [-0.1, -0.05) is 11.8 Å². The number of nitrogens with zero attached hydrogens (tertiary/aromatic N) is 4. The predicted octanol–water partition coefficient (Wildman–Crippen LogP) is 1.25. The Morgan fingerprint density at radius 2 is 2.21 bits per heavy atom. The fourth-order valence-electron chi connectivity index (χ4n) is 1.04. The van der Waals surface area contributed by atoms with Gasteiger partial charge in [-0.2, -0.15) is 9.99 Å². The predicted molar refractivity (Wildman–Crippen MR) is 56.8 cm³/mol. The van der Waals surface area contributed by atoms with E-state index in [0.29, 0.717) is 11.8 Å². The summed E-state index contributed by atoms with van der Waals surface area (Å²) < 4.78 is 5.05. The molecule has 0 bridgehead atoms. The van der Waals surface area contributed by atoms with Gasteiger partial charge in [0.25, 0.3) is 5.95 Å². The number of ether oxygens (including phenoxy) is 1. The average molecular weight is 210 g/mol. The Morgan fingerprint density at radius 3 is 2.79 bits per heavy atom. The molecule has 2 rings (SSSR count). The number of hydrogen-bond donors (Lipinski definition) is 0. The smallest absolute Gasteiger partial charge is 0.256 e. The van der Waals surface area contributed by atoms with Crippen LogP contribution >= 0.6 is 11.8 Å². The number of thioether (sulfide) groups is 1. The molecule has 2 heterocycles. The lowest BCUT2D eigenvalue weighted by molar-refractivity contribution is 0.397. The third-order valence-electron chi connectivity index (χ3n) is 1.73. The van der Waals surface area contributed by atoms with Gasteiger partial charge in [0.2, 0.25) is 11.0 Å². The molecule has 1 aliphatic rings. The van der Waals surface area contributed by atoms with Gasteiger partial charge in [0, 0.05) is 11.8 Å². The van der Waals surface area contributed by atoms with Crippen LogP contribution in [0.2, 0.25) is 0 Å². The lowest BCUT2D eigenvalue weighted by atomic mass is 10.4. The molecule has 1 aliphatic heterocycles. The van der Waals surface area contributed by atoms with Crippen molar-refractivity contribution in [3.8, 4) is 5.88 Å². The second-order valence-electron chi connectivity index (χ2n) is 2.75. The highest BCUT2D eigenvalue weighted by Gasteiger charge is 2.28. The van der Waals surface area contributed by atoms with Gasteiger partial charge >= 0.3 is 0 Å². The van der Waals surface area contributed by atoms with Gasteiger partial charge in [-0.05, 0) is 13.2 Å². The zero-order chi connectivity index (χ0) is 10.1. The summed E-state index contributed by atoms with van der Waals surface area (Å²) in [6.45, 7) is 1.90. The van der Waals surface area contributed by atoms with Gasteiger partial charge in [-0.15, -0.1) is 5.10 Å². The van der Waals surface area contributed by atoms with Crippen molar-refractivity contribution < 1.29 is 4.74 Å². The number of anilines is 1. The standard InChI is InChI=1S/C8H10N4OS/c1-5-4-6(13-2)10-7(9-5)12-8(11-12)14-3/h4H,1-3H3. The SMILES string of the molecule is COc1cc(C)nc(N2N=C2SC)n1. The zero-order valence-corrected chi connectivity index (χ0v) is 9.00. The van der Waals surface area contributed by atoms with E-state index in [9.17, 15) is 0 Å². The lowest BCUT2D eigenvalue weighted by Crippen LogP contribution is -2.06. The molecule has 14 heavy (non-hydrogen) atoms. The van der Waals surface area contributed by atoms with E-state index in [4.69, 9.17) is 4.74 Å². The van der Waals surface area contributed by atoms with E-state index in [2.05, 4.69) is 15.1 Å². The summed E-state index contributed by atoms with van der Waals surface area (Å²) in [6, 6.07) is 1.78. The number of hydrogen-bond acceptors (Lipinski definition) is 6. The van der Waals surface area contributed by atoms with E-state index in [1.807, 2.05) is 13.2 Å². The largest absolute Gasteiger partial charge is 0.481 e. The first kappa shape index (κ1) is 9.26. The number of aromatic nitrogens is 2. The van der Waals surface area contributed by atoms with Gasteiger partial charge in [-0.3, -0.25) is 0 Å². The maximum Gasteiger partial charge on any atom is 0.256 e. The molecule has 0 spiro atoms. The van der Waals surface area contributed by atoms with Crippen LogP contribution in [0.25, 0.3) is 0 Å². The Kier molecular flexibility index (Phi) is 2.28. The van der Waals surface area contributed by atoms with Crippen LogP contribution in [0.5, 0.6) is 5.88 Å². The first-order valence-electron chi connectivity index (χ1n) is 4.07. The van der Waals surface area contributed by atoms with Crippen LogP contribution in [-0.4, -0.2) is 28.5 Å². The number of methoxy groups -OCH3 is 1. The highest BCUT2D eigenvalue weighted by atomic mass is 32.2. The molecule has 1 aromatic heterocycles. The Morgan fingerprint density at radius 1 is 1.43 bits per heavy atom. The van der Waals surface area contributed by atoms with Crippen LogP contribution in [0.4, 0.5) is 5.95 Å². The Labute approximate surface area is 86.2 Å². The highest BCUT2D eigenvalue weighted by molar-refractivity contribution is 8.14. The maximum atomic E-state index is 5.05. The molecule has 5 nitrogen and oxygen atoms in total. The average Bonchev–Trinajstić information content (AvgIpc) is 2.95. The molecule has 0 atom stereocenters. The molecule has 0 aromatic carbocycles. The summed E-state index contributed by atoms with van der Waals surface area (Å²) in [5.74, 6) is 1.14. The van der Waals surface area contributed by atoms with E-state index in [-0.39, 0.29) is 0 Å². The third kappa shape index (κ3) is 1.65. The monoisotopic (exact) mass is 210 g/mol. The van der Waals surface area contributed by atoms with Crippen LogP contribution in [0.1, 0.15) is 5.69 Å². The molecule has 6 heteroatoms. The molecule has 0 aliphatic carbocycles. The zero-order valence-electron chi connectivity index (χ0n) is 8.18. The van der Waals surface area contributed by atoms with Crippen molar-refractivity contribution in [2.24, 2.45) is 5.10 Å². The molecule has 0 unspecified atom stereocenters. The first-order valence-corrected chi connectivity index (χ1v) is 5.29. The maximum absolute atomic E-state index is 5.05. The number of hydrazone groups is 1. The van der Waals surface area contributed by atoms with Crippen molar-refractivity contribution in [1.82, 2.24) is 9.97 Å².